The molecule has 31 heavy (non-hydrogen) atoms. The maximum Gasteiger partial charge on any atom is 0.387 e. The second-order valence-electron chi connectivity index (χ2n) is 7.42. The Balaban J connectivity index is 2.22. The third-order valence-corrected chi connectivity index (χ3v) is 5.09. The van der Waals surface area contributed by atoms with Crippen LogP contribution in [0.2, 0.25) is 0 Å². The van der Waals surface area contributed by atoms with Crippen molar-refractivity contribution in [2.45, 2.75) is 33.3 Å². The zero-order valence-corrected chi connectivity index (χ0v) is 16.9. The lowest BCUT2D eigenvalue weighted by Gasteiger charge is -2.17. The Kier molecular flexibility index (Phi) is 5.97. The number of ether oxygens (including phenoxy) is 1. The molecule has 164 valence electrons. The van der Waals surface area contributed by atoms with E-state index in [4.69, 9.17) is 0 Å². The van der Waals surface area contributed by atoms with Gasteiger partial charge in [-0.05, 0) is 48.7 Å². The smallest absolute Gasteiger partial charge is 0.387 e. The van der Waals surface area contributed by atoms with E-state index in [9.17, 15) is 33.0 Å². The van der Waals surface area contributed by atoms with Gasteiger partial charge in [-0.3, -0.25) is 14.2 Å². The third kappa shape index (κ3) is 4.08. The zero-order chi connectivity index (χ0) is 23.0. The molecule has 1 heterocycles. The maximum absolute atomic E-state index is 14.1. The average molecular weight is 435 g/mol. The molecule has 0 aliphatic carbocycles. The van der Waals surface area contributed by atoms with E-state index < -0.39 is 36.0 Å². The van der Waals surface area contributed by atoms with Crippen LogP contribution in [-0.2, 0) is 4.79 Å². The number of rotatable bonds is 6. The van der Waals surface area contributed by atoms with Crippen molar-refractivity contribution in [1.29, 1.82) is 0 Å². The average Bonchev–Trinajstić information content (AvgIpc) is 2.93. The first-order valence-corrected chi connectivity index (χ1v) is 9.38. The van der Waals surface area contributed by atoms with E-state index in [1.807, 2.05) is 0 Å². The van der Waals surface area contributed by atoms with E-state index in [2.05, 4.69) is 4.74 Å². The number of benzene rings is 2. The molecule has 2 aromatic carbocycles. The van der Waals surface area contributed by atoms with Gasteiger partial charge in [0.2, 0.25) is 0 Å². The summed E-state index contributed by atoms with van der Waals surface area (Å²) in [6, 6.07) is 7.02. The summed E-state index contributed by atoms with van der Waals surface area (Å²) >= 11 is 0. The minimum absolute atomic E-state index is 0.0904. The number of carboxylic acid groups (broad SMARTS) is 1. The van der Waals surface area contributed by atoms with Crippen LogP contribution in [0.15, 0.2) is 36.4 Å². The highest BCUT2D eigenvalue weighted by molar-refractivity contribution is 6.05. The number of hydrogen-bond donors (Lipinski definition) is 2. The molecule has 6 nitrogen and oxygen atoms in total. The van der Waals surface area contributed by atoms with Gasteiger partial charge in [0.1, 0.15) is 5.75 Å². The molecule has 1 atom stereocenters. The number of phenols is 1. The number of halogens is 3. The molecule has 0 spiro atoms. The number of aromatic hydroxyl groups is 1. The van der Waals surface area contributed by atoms with Crippen LogP contribution in [-0.4, -0.2) is 33.3 Å². The van der Waals surface area contributed by atoms with Crippen molar-refractivity contribution in [2.24, 2.45) is 5.92 Å². The highest BCUT2D eigenvalue weighted by atomic mass is 19.3. The number of aliphatic carboxylic acids is 1. The van der Waals surface area contributed by atoms with Gasteiger partial charge < -0.3 is 14.9 Å². The highest BCUT2D eigenvalue weighted by Crippen LogP contribution is 2.38. The number of phenolic OH excluding ortho intramolecular Hbond substituents is 1. The van der Waals surface area contributed by atoms with Crippen LogP contribution in [0.4, 0.5) is 13.2 Å². The molecule has 0 saturated heterocycles. The summed E-state index contributed by atoms with van der Waals surface area (Å²) in [6.07, 6.45) is 0. The van der Waals surface area contributed by atoms with E-state index in [0.29, 0.717) is 5.56 Å². The van der Waals surface area contributed by atoms with Crippen molar-refractivity contribution < 1.29 is 37.7 Å². The Bertz CT molecular complexity index is 1150. The molecule has 0 bridgehead atoms. The van der Waals surface area contributed by atoms with Crippen LogP contribution in [0.1, 0.15) is 41.4 Å². The fraction of sp³-hybridized carbons (Fsp3) is 0.273. The predicted molar refractivity (Wildman–Crippen MR) is 106 cm³/mol. The lowest BCUT2D eigenvalue weighted by Crippen LogP contribution is -2.19. The molecule has 0 aliphatic rings. The van der Waals surface area contributed by atoms with Gasteiger partial charge in [-0.15, -0.1) is 0 Å². The molecule has 0 aliphatic heterocycles. The van der Waals surface area contributed by atoms with Gasteiger partial charge >= 0.3 is 12.6 Å². The molecule has 1 unspecified atom stereocenters. The topological polar surface area (TPSA) is 88.8 Å². The first-order chi connectivity index (χ1) is 14.5. The van der Waals surface area contributed by atoms with E-state index in [1.165, 1.54) is 31.2 Å². The van der Waals surface area contributed by atoms with Crippen LogP contribution in [0, 0.1) is 18.7 Å². The molecule has 0 saturated carbocycles. The molecule has 2 N–H and O–H groups in total. The Hall–Kier alpha value is -3.49. The van der Waals surface area contributed by atoms with Crippen molar-refractivity contribution in [3.8, 4) is 11.5 Å². The normalized spacial score (nSPS) is 12.5. The van der Waals surface area contributed by atoms with Gasteiger partial charge in [0.05, 0.1) is 11.4 Å². The molecule has 3 aromatic rings. The number of carboxylic acids is 1. The quantitative estimate of drug-likeness (QED) is 0.575. The van der Waals surface area contributed by atoms with E-state index in [1.54, 1.807) is 13.8 Å². The van der Waals surface area contributed by atoms with Gasteiger partial charge in [-0.2, -0.15) is 8.78 Å². The van der Waals surface area contributed by atoms with E-state index >= 15 is 0 Å². The van der Waals surface area contributed by atoms with Crippen LogP contribution in [0.5, 0.6) is 11.5 Å². The number of nitrogens with zero attached hydrogens (tertiary/aromatic N) is 1. The van der Waals surface area contributed by atoms with Crippen LogP contribution < -0.4 is 4.74 Å². The van der Waals surface area contributed by atoms with Gasteiger partial charge in [0.15, 0.2) is 11.6 Å². The Morgan fingerprint density at radius 1 is 1.10 bits per heavy atom. The van der Waals surface area contributed by atoms with Crippen LogP contribution in [0.3, 0.4) is 0 Å². The molecule has 0 amide bonds. The predicted octanol–water partition coefficient (Wildman–Crippen LogP) is 4.91. The number of carbonyl (C=O) groups excluding carboxylic acids is 1. The van der Waals surface area contributed by atoms with Crippen molar-refractivity contribution >= 4 is 22.8 Å². The van der Waals surface area contributed by atoms with Gasteiger partial charge in [-0.25, -0.2) is 4.39 Å². The SMILES string of the molecule is Cc1c(C(C(=O)O)C(C)C)c2cc(O)c(F)cc2n1C(=O)c1ccc(OC(F)F)cc1. The minimum atomic E-state index is -3.01. The maximum atomic E-state index is 14.1. The summed E-state index contributed by atoms with van der Waals surface area (Å²) < 4.78 is 44.3. The van der Waals surface area contributed by atoms with Crippen molar-refractivity contribution in [3.05, 3.63) is 59.0 Å². The fourth-order valence-corrected chi connectivity index (χ4v) is 3.75. The van der Waals surface area contributed by atoms with Gasteiger partial charge in [0, 0.05) is 22.7 Å². The second kappa shape index (κ2) is 8.33. The fourth-order valence-electron chi connectivity index (χ4n) is 3.75. The zero-order valence-electron chi connectivity index (χ0n) is 16.9. The number of aromatic nitrogens is 1. The number of carbonyl (C=O) groups is 2. The Labute approximate surface area is 175 Å². The molecule has 9 heteroatoms. The summed E-state index contributed by atoms with van der Waals surface area (Å²) in [6.45, 7) is 1.93. The molecule has 1 aromatic heterocycles. The lowest BCUT2D eigenvalue weighted by atomic mass is 9.86. The third-order valence-electron chi connectivity index (χ3n) is 5.09. The van der Waals surface area contributed by atoms with E-state index in [-0.39, 0.29) is 33.8 Å². The summed E-state index contributed by atoms with van der Waals surface area (Å²) in [5, 5.41) is 19.9. The summed E-state index contributed by atoms with van der Waals surface area (Å²) in [5.74, 6) is -4.88. The van der Waals surface area contributed by atoms with Gasteiger partial charge in [-0.1, -0.05) is 13.8 Å². The van der Waals surface area contributed by atoms with Crippen molar-refractivity contribution in [2.75, 3.05) is 0 Å². The number of hydrogen-bond acceptors (Lipinski definition) is 4. The summed E-state index contributed by atoms with van der Waals surface area (Å²) in [4.78, 5) is 25.2. The molecular weight excluding hydrogens is 415 g/mol. The standard InChI is InChI=1S/C22H20F3NO5/c1-10(2)18(21(29)30)19-11(3)26(16-9-15(23)17(27)8-14(16)19)20(28)12-4-6-13(7-5-12)31-22(24)25/h4-10,18,22,27H,1-3H3,(H,29,30). The monoisotopic (exact) mass is 435 g/mol. The molecule has 0 fully saturated rings. The number of alkyl halides is 2. The summed E-state index contributed by atoms with van der Waals surface area (Å²) in [5.41, 5.74) is 0.753. The highest BCUT2D eigenvalue weighted by Gasteiger charge is 2.32. The summed E-state index contributed by atoms with van der Waals surface area (Å²) in [7, 11) is 0. The Morgan fingerprint density at radius 3 is 2.23 bits per heavy atom. The van der Waals surface area contributed by atoms with Crippen molar-refractivity contribution in [1.82, 2.24) is 4.57 Å². The first-order valence-electron chi connectivity index (χ1n) is 9.38. The van der Waals surface area contributed by atoms with E-state index in [0.717, 1.165) is 16.7 Å². The number of fused-ring (bicyclic) bond motifs is 1. The molecular formula is C22H20F3NO5. The minimum Gasteiger partial charge on any atom is -0.505 e. The molecule has 0 radical (unpaired) electrons. The Morgan fingerprint density at radius 2 is 1.71 bits per heavy atom. The van der Waals surface area contributed by atoms with Crippen LogP contribution >= 0.6 is 0 Å². The first kappa shape index (κ1) is 22.2. The van der Waals surface area contributed by atoms with Crippen LogP contribution in [0.25, 0.3) is 10.9 Å². The second-order valence-corrected chi connectivity index (χ2v) is 7.42. The lowest BCUT2D eigenvalue weighted by molar-refractivity contribution is -0.139. The molecule has 3 rings (SSSR count). The van der Waals surface area contributed by atoms with Gasteiger partial charge in [0.25, 0.3) is 5.91 Å². The largest absolute Gasteiger partial charge is 0.505 e. The van der Waals surface area contributed by atoms with Crippen molar-refractivity contribution in [3.63, 3.8) is 0 Å².